The van der Waals surface area contributed by atoms with Gasteiger partial charge in [-0.25, -0.2) is 14.2 Å². The fourth-order valence-corrected chi connectivity index (χ4v) is 1.52. The van der Waals surface area contributed by atoms with E-state index in [0.717, 1.165) is 14.2 Å². The van der Waals surface area contributed by atoms with E-state index in [1.165, 1.54) is 5.32 Å². The molecule has 0 saturated heterocycles. The van der Waals surface area contributed by atoms with E-state index >= 15 is 0 Å². The second-order valence-electron chi connectivity index (χ2n) is 4.07. The molecular formula is C10H7F3N6O6. The lowest BCUT2D eigenvalue weighted by atomic mass is 10.3. The van der Waals surface area contributed by atoms with Crippen LogP contribution in [0.25, 0.3) is 5.82 Å². The molecule has 1 amide bonds. The van der Waals surface area contributed by atoms with Gasteiger partial charge in [0.2, 0.25) is 17.3 Å². The maximum Gasteiger partial charge on any atom is 0.471 e. The molecule has 25 heavy (non-hydrogen) atoms. The maximum atomic E-state index is 12.3. The monoisotopic (exact) mass is 364 g/mol. The van der Waals surface area contributed by atoms with Crippen LogP contribution in [-0.2, 0) is 14.3 Å². The first kappa shape index (κ1) is 17.8. The van der Waals surface area contributed by atoms with Crippen LogP contribution in [0.4, 0.5) is 19.0 Å². The van der Waals surface area contributed by atoms with Crippen LogP contribution in [0.5, 0.6) is 0 Å². The molecule has 2 heterocycles. The third-order valence-corrected chi connectivity index (χ3v) is 2.59. The lowest BCUT2D eigenvalue weighted by molar-refractivity contribution is -0.167. The number of hydrogen-bond donors (Lipinski definition) is 1. The van der Waals surface area contributed by atoms with Crippen LogP contribution in [0.1, 0.15) is 21.0 Å². The molecular weight excluding hydrogens is 357 g/mol. The summed E-state index contributed by atoms with van der Waals surface area (Å²) in [6, 6.07) is 0. The van der Waals surface area contributed by atoms with Crippen molar-refractivity contribution in [2.24, 2.45) is 0 Å². The number of rotatable bonds is 4. The van der Waals surface area contributed by atoms with Crippen molar-refractivity contribution in [2.75, 3.05) is 19.5 Å². The number of anilines is 1. The number of nitrogens with zero attached hydrogens (tertiary/aromatic N) is 5. The fraction of sp³-hybridized carbons (Fsp3) is 0.300. The molecule has 0 unspecified atom stereocenters. The van der Waals surface area contributed by atoms with Gasteiger partial charge in [-0.3, -0.25) is 10.1 Å². The highest BCUT2D eigenvalue weighted by Gasteiger charge is 2.40. The predicted octanol–water partition coefficient (Wildman–Crippen LogP) is -0.276. The number of carbonyl (C=O) groups excluding carboxylic acids is 3. The molecule has 0 atom stereocenters. The van der Waals surface area contributed by atoms with Gasteiger partial charge in [0, 0.05) is 0 Å². The van der Waals surface area contributed by atoms with Gasteiger partial charge < -0.3 is 9.47 Å². The zero-order chi connectivity index (χ0) is 18.8. The van der Waals surface area contributed by atoms with Crippen molar-refractivity contribution in [3.05, 3.63) is 11.4 Å². The normalized spacial score (nSPS) is 11.1. The molecule has 0 radical (unpaired) electrons. The number of esters is 2. The molecule has 12 nitrogen and oxygen atoms in total. The molecule has 15 heteroatoms. The number of hydrogen-bond acceptors (Lipinski definition) is 10. The Hall–Kier alpha value is -3.52. The lowest BCUT2D eigenvalue weighted by Gasteiger charge is -2.06. The van der Waals surface area contributed by atoms with Gasteiger partial charge in [0.15, 0.2) is 5.69 Å². The zero-order valence-corrected chi connectivity index (χ0v) is 12.3. The highest BCUT2D eigenvalue weighted by Crippen LogP contribution is 2.22. The third-order valence-electron chi connectivity index (χ3n) is 2.59. The summed E-state index contributed by atoms with van der Waals surface area (Å²) in [4.78, 5) is 34.4. The molecule has 1 N–H and O–H groups in total. The van der Waals surface area contributed by atoms with Gasteiger partial charge >= 0.3 is 24.0 Å². The molecule has 0 aromatic carbocycles. The van der Waals surface area contributed by atoms with E-state index in [-0.39, 0.29) is 0 Å². The minimum absolute atomic E-state index is 0.501. The first-order valence-electron chi connectivity index (χ1n) is 6.04. The average Bonchev–Trinajstić information content (AvgIpc) is 3.18. The SMILES string of the molecule is COC(=O)c1nnn(-c2nonc2NC(=O)C(F)(F)F)c1C(=O)OC. The van der Waals surface area contributed by atoms with Gasteiger partial charge in [-0.05, 0) is 10.3 Å². The molecule has 0 aliphatic heterocycles. The number of amides is 1. The number of nitrogens with one attached hydrogen (secondary N) is 1. The van der Waals surface area contributed by atoms with Crippen LogP contribution in [0, 0.1) is 0 Å². The molecule has 0 bridgehead atoms. The topological polar surface area (TPSA) is 151 Å². The van der Waals surface area contributed by atoms with Crippen LogP contribution in [0.2, 0.25) is 0 Å². The molecule has 2 aromatic rings. The smallest absolute Gasteiger partial charge is 0.464 e. The summed E-state index contributed by atoms with van der Waals surface area (Å²) in [5.41, 5.74) is -1.24. The molecule has 2 aromatic heterocycles. The number of ether oxygens (including phenoxy) is 2. The van der Waals surface area contributed by atoms with E-state index in [1.54, 1.807) is 0 Å². The Bertz CT molecular complexity index is 827. The van der Waals surface area contributed by atoms with Crippen LogP contribution >= 0.6 is 0 Å². The molecule has 2 rings (SSSR count). The molecule has 0 saturated carbocycles. The van der Waals surface area contributed by atoms with Crippen LogP contribution in [-0.4, -0.2) is 63.5 Å². The summed E-state index contributed by atoms with van der Waals surface area (Å²) in [6.45, 7) is 0. The Balaban J connectivity index is 2.52. The van der Waals surface area contributed by atoms with Crippen molar-refractivity contribution in [1.82, 2.24) is 25.3 Å². The van der Waals surface area contributed by atoms with Crippen molar-refractivity contribution >= 4 is 23.7 Å². The van der Waals surface area contributed by atoms with E-state index in [1.807, 2.05) is 0 Å². The van der Waals surface area contributed by atoms with Crippen LogP contribution in [0.3, 0.4) is 0 Å². The summed E-state index contributed by atoms with van der Waals surface area (Å²) in [5.74, 6) is -6.07. The minimum atomic E-state index is -5.22. The van der Waals surface area contributed by atoms with Gasteiger partial charge in [-0.1, -0.05) is 5.21 Å². The summed E-state index contributed by atoms with van der Waals surface area (Å²) in [5, 5.41) is 14.4. The number of methoxy groups -OCH3 is 2. The number of aromatic nitrogens is 5. The predicted molar refractivity (Wildman–Crippen MR) is 66.6 cm³/mol. The summed E-state index contributed by atoms with van der Waals surface area (Å²) in [7, 11) is 1.96. The summed E-state index contributed by atoms with van der Waals surface area (Å²) < 4.78 is 50.6. The van der Waals surface area contributed by atoms with Gasteiger partial charge in [0.25, 0.3) is 0 Å². The van der Waals surface area contributed by atoms with E-state index in [0.29, 0.717) is 4.68 Å². The quantitative estimate of drug-likeness (QED) is 0.717. The Morgan fingerprint density at radius 2 is 1.76 bits per heavy atom. The largest absolute Gasteiger partial charge is 0.471 e. The number of halogens is 3. The Kier molecular flexibility index (Phi) is 4.66. The van der Waals surface area contributed by atoms with E-state index in [2.05, 4.69) is 34.7 Å². The second kappa shape index (κ2) is 6.54. The van der Waals surface area contributed by atoms with Crippen molar-refractivity contribution < 1.29 is 41.7 Å². The summed E-state index contributed by atoms with van der Waals surface area (Å²) >= 11 is 0. The highest BCUT2D eigenvalue weighted by molar-refractivity contribution is 6.01. The van der Waals surface area contributed by atoms with Crippen LogP contribution in [0.15, 0.2) is 4.63 Å². The Morgan fingerprint density at radius 3 is 2.32 bits per heavy atom. The highest BCUT2D eigenvalue weighted by atomic mass is 19.4. The Morgan fingerprint density at radius 1 is 1.12 bits per heavy atom. The standard InChI is InChI=1S/C10H7F3N6O6/c1-23-7(20)3-4(8(21)24-2)19(18-15-3)6-5(16-25-17-6)14-9(22)10(11,12)13/h1-2H3,(H,14,16,22). The van der Waals surface area contributed by atoms with Crippen LogP contribution < -0.4 is 5.32 Å². The first-order chi connectivity index (χ1) is 11.7. The second-order valence-corrected chi connectivity index (χ2v) is 4.07. The fourth-order valence-electron chi connectivity index (χ4n) is 1.52. The van der Waals surface area contributed by atoms with Gasteiger partial charge in [0.1, 0.15) is 0 Å². The van der Waals surface area contributed by atoms with Gasteiger partial charge in [-0.2, -0.15) is 17.9 Å². The Labute approximate surface area is 134 Å². The third kappa shape index (κ3) is 3.38. The number of alkyl halides is 3. The van der Waals surface area contributed by atoms with Crippen molar-refractivity contribution in [2.45, 2.75) is 6.18 Å². The maximum absolute atomic E-state index is 12.3. The molecule has 0 aliphatic carbocycles. The van der Waals surface area contributed by atoms with E-state index in [4.69, 9.17) is 0 Å². The minimum Gasteiger partial charge on any atom is -0.464 e. The van der Waals surface area contributed by atoms with Crippen molar-refractivity contribution in [1.29, 1.82) is 0 Å². The van der Waals surface area contributed by atoms with Crippen molar-refractivity contribution in [3.8, 4) is 5.82 Å². The zero-order valence-electron chi connectivity index (χ0n) is 12.3. The molecule has 0 spiro atoms. The van der Waals surface area contributed by atoms with Gasteiger partial charge in [-0.15, -0.1) is 5.10 Å². The summed E-state index contributed by atoms with van der Waals surface area (Å²) in [6.07, 6.45) is -5.22. The van der Waals surface area contributed by atoms with E-state index < -0.39 is 47.0 Å². The number of carbonyl (C=O) groups is 3. The molecule has 0 fully saturated rings. The first-order valence-corrected chi connectivity index (χ1v) is 6.04. The lowest BCUT2D eigenvalue weighted by Crippen LogP contribution is -2.30. The molecule has 134 valence electrons. The average molecular weight is 364 g/mol. The van der Waals surface area contributed by atoms with E-state index in [9.17, 15) is 27.6 Å². The van der Waals surface area contributed by atoms with Gasteiger partial charge in [0.05, 0.1) is 14.2 Å². The molecule has 0 aliphatic rings. The van der Waals surface area contributed by atoms with Crippen molar-refractivity contribution in [3.63, 3.8) is 0 Å².